The van der Waals surface area contributed by atoms with Gasteiger partial charge >= 0.3 is 0 Å². The van der Waals surface area contributed by atoms with Gasteiger partial charge < -0.3 is 4.74 Å². The third-order valence-corrected chi connectivity index (χ3v) is 4.84. The zero-order chi connectivity index (χ0) is 21.6. The highest BCUT2D eigenvalue weighted by molar-refractivity contribution is 5.84. The van der Waals surface area contributed by atoms with Crippen molar-refractivity contribution in [1.82, 2.24) is 9.97 Å². The smallest absolute Gasteiger partial charge is 0.166 e. The van der Waals surface area contributed by atoms with E-state index >= 15 is 0 Å². The molecule has 0 amide bonds. The second-order valence-corrected chi connectivity index (χ2v) is 7.01. The van der Waals surface area contributed by atoms with Crippen LogP contribution in [0.4, 0.5) is 8.78 Å². The first-order valence-corrected chi connectivity index (χ1v) is 10.0. The first-order valence-electron chi connectivity index (χ1n) is 10.0. The summed E-state index contributed by atoms with van der Waals surface area (Å²) in [7, 11) is 0. The Balaban J connectivity index is 1.40. The minimum Gasteiger partial charge on any atom is -0.491 e. The molecule has 3 nitrogen and oxygen atoms in total. The largest absolute Gasteiger partial charge is 0.491 e. The zero-order valence-corrected chi connectivity index (χ0v) is 17.0. The molecule has 0 aliphatic rings. The summed E-state index contributed by atoms with van der Waals surface area (Å²) < 4.78 is 32.5. The van der Waals surface area contributed by atoms with E-state index in [2.05, 4.69) is 21.8 Å². The molecule has 0 aliphatic heterocycles. The lowest BCUT2D eigenvalue weighted by Crippen LogP contribution is -1.99. The van der Waals surface area contributed by atoms with Crippen LogP contribution in [-0.4, -0.2) is 16.6 Å². The minimum atomic E-state index is -0.847. The van der Waals surface area contributed by atoms with E-state index in [1.165, 1.54) is 5.56 Å². The summed E-state index contributed by atoms with van der Waals surface area (Å²) in [6.07, 6.45) is 4.96. The monoisotopic (exact) mass is 414 g/mol. The lowest BCUT2D eigenvalue weighted by atomic mass is 10.1. The van der Waals surface area contributed by atoms with Gasteiger partial charge in [-0.25, -0.2) is 18.7 Å². The van der Waals surface area contributed by atoms with Gasteiger partial charge in [0.15, 0.2) is 17.4 Å². The molecule has 31 heavy (non-hydrogen) atoms. The Morgan fingerprint density at radius 2 is 1.55 bits per heavy atom. The van der Waals surface area contributed by atoms with Crippen LogP contribution in [0.1, 0.15) is 29.4 Å². The SMILES string of the molecule is CCOc1cnc(CCc2ccc(C#Cc3ccc4c(F)c(F)ccc4c3)cc2)nc1. The molecule has 0 aliphatic carbocycles. The zero-order valence-electron chi connectivity index (χ0n) is 17.0. The average molecular weight is 414 g/mol. The molecule has 4 rings (SSSR count). The third kappa shape index (κ3) is 5.04. The van der Waals surface area contributed by atoms with Gasteiger partial charge in [0.25, 0.3) is 0 Å². The molecule has 5 heteroatoms. The Morgan fingerprint density at radius 1 is 0.839 bits per heavy atom. The number of aryl methyl sites for hydroxylation is 2. The van der Waals surface area contributed by atoms with Gasteiger partial charge in [-0.15, -0.1) is 0 Å². The number of benzene rings is 3. The summed E-state index contributed by atoms with van der Waals surface area (Å²) in [5.41, 5.74) is 2.80. The molecule has 4 aromatic rings. The topological polar surface area (TPSA) is 35.0 Å². The summed E-state index contributed by atoms with van der Waals surface area (Å²) in [6.45, 7) is 2.52. The van der Waals surface area contributed by atoms with Crippen LogP contribution in [0.2, 0.25) is 0 Å². The molecule has 0 fully saturated rings. The molecule has 0 radical (unpaired) electrons. The highest BCUT2D eigenvalue weighted by atomic mass is 19.2. The summed E-state index contributed by atoms with van der Waals surface area (Å²) in [4.78, 5) is 8.64. The summed E-state index contributed by atoms with van der Waals surface area (Å²) in [6, 6.07) is 15.7. The molecule has 0 saturated heterocycles. The predicted molar refractivity (Wildman–Crippen MR) is 117 cm³/mol. The Morgan fingerprint density at radius 3 is 2.29 bits per heavy atom. The van der Waals surface area contributed by atoms with Gasteiger partial charge in [-0.05, 0) is 54.6 Å². The minimum absolute atomic E-state index is 0.256. The highest BCUT2D eigenvalue weighted by Gasteiger charge is 2.06. The molecule has 0 atom stereocenters. The first-order chi connectivity index (χ1) is 15.1. The molecule has 154 valence electrons. The molecule has 0 saturated carbocycles. The molecule has 3 aromatic carbocycles. The number of halogens is 2. The van der Waals surface area contributed by atoms with E-state index in [-0.39, 0.29) is 5.39 Å². The fourth-order valence-electron chi connectivity index (χ4n) is 3.21. The lowest BCUT2D eigenvalue weighted by Gasteiger charge is -2.04. The van der Waals surface area contributed by atoms with E-state index in [9.17, 15) is 8.78 Å². The van der Waals surface area contributed by atoms with Gasteiger partial charge in [-0.3, -0.25) is 0 Å². The quantitative estimate of drug-likeness (QED) is 0.405. The second-order valence-electron chi connectivity index (χ2n) is 7.01. The van der Waals surface area contributed by atoms with Crippen LogP contribution in [0.3, 0.4) is 0 Å². The molecule has 0 N–H and O–H groups in total. The van der Waals surface area contributed by atoms with Crippen LogP contribution < -0.4 is 4.74 Å². The predicted octanol–water partition coefficient (Wildman–Crippen LogP) is 5.49. The van der Waals surface area contributed by atoms with Gasteiger partial charge in [0.05, 0.1) is 19.0 Å². The van der Waals surface area contributed by atoms with Crippen LogP contribution in [0.25, 0.3) is 10.8 Å². The molecular formula is C26H20F2N2O. The fraction of sp³-hybridized carbons (Fsp3) is 0.154. The maximum absolute atomic E-state index is 13.8. The van der Waals surface area contributed by atoms with Crippen molar-refractivity contribution in [3.63, 3.8) is 0 Å². The third-order valence-electron chi connectivity index (χ3n) is 4.84. The number of fused-ring (bicyclic) bond motifs is 1. The second kappa shape index (κ2) is 9.36. The van der Waals surface area contributed by atoms with Gasteiger partial charge in [0.2, 0.25) is 0 Å². The summed E-state index contributed by atoms with van der Waals surface area (Å²) in [5, 5.41) is 0.879. The van der Waals surface area contributed by atoms with E-state index in [0.29, 0.717) is 17.7 Å². The number of hydrogen-bond acceptors (Lipinski definition) is 3. The number of rotatable bonds is 5. The number of ether oxygens (including phenoxy) is 1. The van der Waals surface area contributed by atoms with Gasteiger partial charge in [0.1, 0.15) is 5.82 Å². The fourth-order valence-corrected chi connectivity index (χ4v) is 3.21. The van der Waals surface area contributed by atoms with Crippen molar-refractivity contribution < 1.29 is 13.5 Å². The van der Waals surface area contributed by atoms with Crippen LogP contribution in [0.15, 0.2) is 67.0 Å². The highest BCUT2D eigenvalue weighted by Crippen LogP contribution is 2.21. The maximum atomic E-state index is 13.8. The Hall–Kier alpha value is -3.78. The van der Waals surface area contributed by atoms with Crippen molar-refractivity contribution in [3.8, 4) is 17.6 Å². The lowest BCUT2D eigenvalue weighted by molar-refractivity contribution is 0.337. The Bertz CT molecular complexity index is 1260. The van der Waals surface area contributed by atoms with Gasteiger partial charge in [0, 0.05) is 22.9 Å². The van der Waals surface area contributed by atoms with Gasteiger partial charge in [-0.2, -0.15) is 0 Å². The van der Waals surface area contributed by atoms with Crippen LogP contribution in [0, 0.1) is 23.5 Å². The summed E-state index contributed by atoms with van der Waals surface area (Å²) in [5.74, 6) is 5.98. The van der Waals surface area contributed by atoms with Crippen molar-refractivity contribution in [1.29, 1.82) is 0 Å². The number of aromatic nitrogens is 2. The van der Waals surface area contributed by atoms with Gasteiger partial charge in [-0.1, -0.05) is 36.1 Å². The van der Waals surface area contributed by atoms with Crippen LogP contribution in [0.5, 0.6) is 5.75 Å². The average Bonchev–Trinajstić information content (AvgIpc) is 2.80. The maximum Gasteiger partial charge on any atom is 0.166 e. The van der Waals surface area contributed by atoms with E-state index in [1.54, 1.807) is 36.7 Å². The van der Waals surface area contributed by atoms with Crippen molar-refractivity contribution in [2.45, 2.75) is 19.8 Å². The van der Waals surface area contributed by atoms with E-state index in [1.807, 2.05) is 31.2 Å². The molecule has 1 aromatic heterocycles. The molecular weight excluding hydrogens is 394 g/mol. The Kier molecular flexibility index (Phi) is 6.18. The van der Waals surface area contributed by atoms with Crippen LogP contribution >= 0.6 is 0 Å². The summed E-state index contributed by atoms with van der Waals surface area (Å²) >= 11 is 0. The number of nitrogens with zero attached hydrogens (tertiary/aromatic N) is 2. The Labute approximate surface area is 179 Å². The first kappa shape index (κ1) is 20.5. The molecule has 0 unspecified atom stereocenters. The molecule has 0 bridgehead atoms. The molecule has 1 heterocycles. The number of hydrogen-bond donors (Lipinski definition) is 0. The van der Waals surface area contributed by atoms with Crippen molar-refractivity contribution in [2.75, 3.05) is 6.61 Å². The van der Waals surface area contributed by atoms with E-state index in [0.717, 1.165) is 35.9 Å². The van der Waals surface area contributed by atoms with E-state index < -0.39 is 11.6 Å². The van der Waals surface area contributed by atoms with Crippen LogP contribution in [-0.2, 0) is 12.8 Å². The van der Waals surface area contributed by atoms with Crippen molar-refractivity contribution >= 4 is 10.8 Å². The molecule has 0 spiro atoms. The van der Waals surface area contributed by atoms with Crippen molar-refractivity contribution in [3.05, 3.63) is 101 Å². The van der Waals surface area contributed by atoms with Crippen molar-refractivity contribution in [2.24, 2.45) is 0 Å². The normalized spacial score (nSPS) is 10.5. The van der Waals surface area contributed by atoms with E-state index in [4.69, 9.17) is 4.74 Å². The standard InChI is InChI=1S/C26H20F2N2O/c1-2-31-22-16-29-25(30-17-22)14-10-19-5-3-18(4-6-19)7-8-20-9-12-23-21(15-20)11-13-24(27)26(23)28/h3-6,9,11-13,15-17H,2,10,14H2,1H3.